The molecule has 0 unspecified atom stereocenters. The molecule has 0 atom stereocenters. The van der Waals surface area contributed by atoms with Crippen molar-refractivity contribution in [2.24, 2.45) is 0 Å². The Kier molecular flexibility index (Phi) is 6.87. The van der Waals surface area contributed by atoms with Gasteiger partial charge in [-0.1, -0.05) is 11.6 Å². The SMILES string of the molecule is CCOc1ccc(C(=O)NC(=S)Nc2ccc(-c3ccc(CO)o3)cc2)cc1Cl. The van der Waals surface area contributed by atoms with E-state index in [1.807, 2.05) is 31.2 Å². The van der Waals surface area contributed by atoms with Gasteiger partial charge in [-0.25, -0.2) is 0 Å². The molecule has 1 aromatic heterocycles. The molecule has 29 heavy (non-hydrogen) atoms. The van der Waals surface area contributed by atoms with Crippen LogP contribution in [0.15, 0.2) is 59.0 Å². The van der Waals surface area contributed by atoms with Crippen LogP contribution < -0.4 is 15.4 Å². The van der Waals surface area contributed by atoms with Crippen LogP contribution in [0.3, 0.4) is 0 Å². The van der Waals surface area contributed by atoms with E-state index in [4.69, 9.17) is 38.1 Å². The molecule has 0 aliphatic heterocycles. The predicted octanol–water partition coefficient (Wildman–Crippen LogP) is 4.62. The number of halogens is 1. The molecule has 0 aliphatic carbocycles. The summed E-state index contributed by atoms with van der Waals surface area (Å²) >= 11 is 11.3. The number of aliphatic hydroxyl groups is 1. The highest BCUT2D eigenvalue weighted by Gasteiger charge is 2.11. The molecule has 1 amide bonds. The highest BCUT2D eigenvalue weighted by atomic mass is 35.5. The number of amides is 1. The van der Waals surface area contributed by atoms with Gasteiger partial charge in [0.2, 0.25) is 0 Å². The predicted molar refractivity (Wildman–Crippen MR) is 116 cm³/mol. The van der Waals surface area contributed by atoms with Crippen molar-refractivity contribution in [2.45, 2.75) is 13.5 Å². The minimum atomic E-state index is -0.379. The number of hydrogen-bond acceptors (Lipinski definition) is 5. The molecule has 3 rings (SSSR count). The molecule has 1 heterocycles. The van der Waals surface area contributed by atoms with Crippen molar-refractivity contribution < 1.29 is 19.1 Å². The summed E-state index contributed by atoms with van der Waals surface area (Å²) in [5.74, 6) is 1.30. The number of furan rings is 1. The molecule has 3 N–H and O–H groups in total. The Morgan fingerprint density at radius 3 is 2.55 bits per heavy atom. The van der Waals surface area contributed by atoms with Crippen LogP contribution in [0, 0.1) is 0 Å². The van der Waals surface area contributed by atoms with E-state index in [-0.39, 0.29) is 17.6 Å². The van der Waals surface area contributed by atoms with Gasteiger partial charge in [0.05, 0.1) is 11.6 Å². The second kappa shape index (κ2) is 9.56. The lowest BCUT2D eigenvalue weighted by Gasteiger charge is -2.11. The normalized spacial score (nSPS) is 10.4. The van der Waals surface area contributed by atoms with Crippen LogP contribution in [0.1, 0.15) is 23.0 Å². The van der Waals surface area contributed by atoms with Gasteiger partial charge in [-0.3, -0.25) is 10.1 Å². The number of hydrogen-bond donors (Lipinski definition) is 3. The second-order valence-electron chi connectivity index (χ2n) is 5.99. The lowest BCUT2D eigenvalue weighted by atomic mass is 10.1. The molecule has 0 radical (unpaired) electrons. The lowest BCUT2D eigenvalue weighted by molar-refractivity contribution is 0.0977. The Morgan fingerprint density at radius 2 is 1.93 bits per heavy atom. The van der Waals surface area contributed by atoms with E-state index < -0.39 is 0 Å². The highest BCUT2D eigenvalue weighted by Crippen LogP contribution is 2.26. The Labute approximate surface area is 178 Å². The standard InChI is InChI=1S/C21H19ClN2O4S/c1-2-27-19-9-5-14(11-17(19)22)20(26)24-21(29)23-15-6-3-13(4-7-15)18-10-8-16(12-25)28-18/h3-11,25H,2,12H2,1H3,(H2,23,24,26,29). The van der Waals surface area contributed by atoms with Gasteiger partial charge in [0.1, 0.15) is 23.9 Å². The number of nitrogens with one attached hydrogen (secondary N) is 2. The minimum Gasteiger partial charge on any atom is -0.492 e. The number of anilines is 1. The quantitative estimate of drug-likeness (QED) is 0.495. The summed E-state index contributed by atoms with van der Waals surface area (Å²) in [4.78, 5) is 12.4. The smallest absolute Gasteiger partial charge is 0.257 e. The van der Waals surface area contributed by atoms with Crippen LogP contribution >= 0.6 is 23.8 Å². The van der Waals surface area contributed by atoms with Crippen molar-refractivity contribution in [2.75, 3.05) is 11.9 Å². The maximum Gasteiger partial charge on any atom is 0.257 e. The van der Waals surface area contributed by atoms with Gasteiger partial charge in [-0.15, -0.1) is 0 Å². The number of rotatable bonds is 6. The van der Waals surface area contributed by atoms with Crippen molar-refractivity contribution in [1.82, 2.24) is 5.32 Å². The molecule has 3 aromatic rings. The molecular weight excluding hydrogens is 412 g/mol. The van der Waals surface area contributed by atoms with Crippen LogP contribution in [0.25, 0.3) is 11.3 Å². The minimum absolute atomic E-state index is 0.146. The lowest BCUT2D eigenvalue weighted by Crippen LogP contribution is -2.34. The van der Waals surface area contributed by atoms with E-state index in [2.05, 4.69) is 10.6 Å². The molecule has 0 saturated heterocycles. The Morgan fingerprint density at radius 1 is 1.17 bits per heavy atom. The van der Waals surface area contributed by atoms with E-state index in [1.165, 1.54) is 6.07 Å². The summed E-state index contributed by atoms with van der Waals surface area (Å²) in [6.07, 6.45) is 0. The average Bonchev–Trinajstić information content (AvgIpc) is 3.19. The summed E-state index contributed by atoms with van der Waals surface area (Å²) in [7, 11) is 0. The fraction of sp³-hybridized carbons (Fsp3) is 0.143. The first-order chi connectivity index (χ1) is 14.0. The summed E-state index contributed by atoms with van der Waals surface area (Å²) in [6.45, 7) is 2.20. The van der Waals surface area contributed by atoms with Gasteiger partial charge in [0.15, 0.2) is 5.11 Å². The van der Waals surface area contributed by atoms with Gasteiger partial charge >= 0.3 is 0 Å². The number of benzene rings is 2. The molecule has 2 aromatic carbocycles. The van der Waals surface area contributed by atoms with Crippen LogP contribution in [0.2, 0.25) is 5.02 Å². The van der Waals surface area contributed by atoms with Crippen molar-refractivity contribution in [3.05, 3.63) is 70.9 Å². The zero-order chi connectivity index (χ0) is 20.8. The Hall–Kier alpha value is -2.87. The third-order valence-electron chi connectivity index (χ3n) is 3.97. The zero-order valence-corrected chi connectivity index (χ0v) is 17.1. The largest absolute Gasteiger partial charge is 0.492 e. The third-order valence-corrected chi connectivity index (χ3v) is 4.47. The fourth-order valence-electron chi connectivity index (χ4n) is 2.59. The van der Waals surface area contributed by atoms with Gasteiger partial charge in [0.25, 0.3) is 5.91 Å². The highest BCUT2D eigenvalue weighted by molar-refractivity contribution is 7.80. The van der Waals surface area contributed by atoms with Gasteiger partial charge in [0, 0.05) is 16.8 Å². The topological polar surface area (TPSA) is 83.7 Å². The summed E-state index contributed by atoms with van der Waals surface area (Å²) in [5.41, 5.74) is 1.93. The second-order valence-corrected chi connectivity index (χ2v) is 6.80. The number of carbonyl (C=O) groups excluding carboxylic acids is 1. The average molecular weight is 431 g/mol. The Balaban J connectivity index is 1.60. The first kappa shape index (κ1) is 20.9. The molecule has 8 heteroatoms. The van der Waals surface area contributed by atoms with E-state index in [0.717, 1.165) is 5.56 Å². The zero-order valence-electron chi connectivity index (χ0n) is 15.6. The molecule has 0 spiro atoms. The molecule has 0 saturated carbocycles. The number of aliphatic hydroxyl groups excluding tert-OH is 1. The molecule has 0 aliphatic rings. The van der Waals surface area contributed by atoms with Crippen molar-refractivity contribution in [3.63, 3.8) is 0 Å². The van der Waals surface area contributed by atoms with Gasteiger partial charge in [-0.2, -0.15) is 0 Å². The summed E-state index contributed by atoms with van der Waals surface area (Å²) < 4.78 is 10.9. The maximum absolute atomic E-state index is 12.4. The van der Waals surface area contributed by atoms with Gasteiger partial charge in [-0.05, 0) is 73.7 Å². The molecular formula is C21H19ClN2O4S. The van der Waals surface area contributed by atoms with Crippen molar-refractivity contribution >= 4 is 40.5 Å². The van der Waals surface area contributed by atoms with Crippen molar-refractivity contribution in [1.29, 1.82) is 0 Å². The fourth-order valence-corrected chi connectivity index (χ4v) is 3.03. The number of ether oxygens (including phenoxy) is 1. The summed E-state index contributed by atoms with van der Waals surface area (Å²) in [6, 6.07) is 15.6. The molecule has 150 valence electrons. The Bertz CT molecular complexity index is 1020. The van der Waals surface area contributed by atoms with Crippen LogP contribution in [-0.2, 0) is 6.61 Å². The first-order valence-electron chi connectivity index (χ1n) is 8.85. The number of thiocarbonyl (C=S) groups is 1. The molecule has 6 nitrogen and oxygen atoms in total. The maximum atomic E-state index is 12.4. The molecule has 0 fully saturated rings. The van der Waals surface area contributed by atoms with Crippen LogP contribution in [0.4, 0.5) is 5.69 Å². The van der Waals surface area contributed by atoms with Gasteiger partial charge < -0.3 is 19.6 Å². The van der Waals surface area contributed by atoms with E-state index >= 15 is 0 Å². The van der Waals surface area contributed by atoms with Crippen LogP contribution in [0.5, 0.6) is 5.75 Å². The van der Waals surface area contributed by atoms with Crippen LogP contribution in [-0.4, -0.2) is 22.7 Å². The summed E-state index contributed by atoms with van der Waals surface area (Å²) in [5, 5.41) is 15.2. The van der Waals surface area contributed by atoms with E-state index in [1.54, 1.807) is 24.3 Å². The van der Waals surface area contributed by atoms with E-state index in [9.17, 15) is 4.79 Å². The van der Waals surface area contributed by atoms with E-state index in [0.29, 0.717) is 40.2 Å². The first-order valence-corrected chi connectivity index (χ1v) is 9.63. The third kappa shape index (κ3) is 5.35. The van der Waals surface area contributed by atoms with Crippen molar-refractivity contribution in [3.8, 4) is 17.1 Å². The number of carbonyl (C=O) groups is 1. The monoisotopic (exact) mass is 430 g/mol. The molecule has 0 bridgehead atoms.